The van der Waals surface area contributed by atoms with Gasteiger partial charge in [-0.2, -0.15) is 0 Å². The van der Waals surface area contributed by atoms with Gasteiger partial charge in [0, 0.05) is 17.7 Å². The van der Waals surface area contributed by atoms with E-state index in [1.165, 1.54) is 30.4 Å². The highest BCUT2D eigenvalue weighted by Gasteiger charge is 2.04. The third kappa shape index (κ3) is 8.39. The fraction of sp³-hybridized carbons (Fsp3) is 0.355. The average Bonchev–Trinajstić information content (AvgIpc) is 2.88. The standard InChI is InChI=1S/C31H38N2O/c1-4-6-10-24-34-25(3)12-8-7-9-13-27-16-20-29(21-17-27)31-23-22-30(32-33-31)28-18-14-26(11-5-2)15-19-28/h5,9,13-23,25H,2,4,6-8,10-12,24H2,1,3H3/b13-9+. The summed E-state index contributed by atoms with van der Waals surface area (Å²) < 4.78 is 5.87. The highest BCUT2D eigenvalue weighted by molar-refractivity contribution is 5.65. The summed E-state index contributed by atoms with van der Waals surface area (Å²) in [6.45, 7) is 9.09. The van der Waals surface area contributed by atoms with Crippen molar-refractivity contribution in [2.45, 2.75) is 64.9 Å². The minimum atomic E-state index is 0.355. The van der Waals surface area contributed by atoms with Gasteiger partial charge < -0.3 is 4.74 Å². The zero-order valence-electron chi connectivity index (χ0n) is 20.7. The molecule has 0 fully saturated rings. The lowest BCUT2D eigenvalue weighted by molar-refractivity contribution is 0.0566. The van der Waals surface area contributed by atoms with Gasteiger partial charge in [0.25, 0.3) is 0 Å². The number of ether oxygens (including phenoxy) is 1. The maximum absolute atomic E-state index is 5.87. The van der Waals surface area contributed by atoms with Crippen LogP contribution in [0.3, 0.4) is 0 Å². The van der Waals surface area contributed by atoms with Crippen molar-refractivity contribution in [2.75, 3.05) is 6.61 Å². The minimum Gasteiger partial charge on any atom is -0.379 e. The number of rotatable bonds is 14. The molecule has 2 aromatic carbocycles. The Morgan fingerprint density at radius 1 is 0.853 bits per heavy atom. The smallest absolute Gasteiger partial charge is 0.0930 e. The van der Waals surface area contributed by atoms with Gasteiger partial charge in [-0.3, -0.25) is 0 Å². The molecule has 0 radical (unpaired) electrons. The lowest BCUT2D eigenvalue weighted by atomic mass is 10.1. The van der Waals surface area contributed by atoms with Crippen LogP contribution in [0.4, 0.5) is 0 Å². The molecule has 3 aromatic rings. The predicted octanol–water partition coefficient (Wildman–Crippen LogP) is 8.32. The highest BCUT2D eigenvalue weighted by atomic mass is 16.5. The van der Waals surface area contributed by atoms with Crippen molar-refractivity contribution in [3.05, 3.63) is 90.5 Å². The van der Waals surface area contributed by atoms with Gasteiger partial charge in [0.15, 0.2) is 0 Å². The normalized spacial score (nSPS) is 12.2. The molecule has 0 N–H and O–H groups in total. The Labute approximate surface area is 205 Å². The van der Waals surface area contributed by atoms with Crippen LogP contribution in [0.5, 0.6) is 0 Å². The highest BCUT2D eigenvalue weighted by Crippen LogP contribution is 2.22. The number of benzene rings is 2. The van der Waals surface area contributed by atoms with E-state index in [0.717, 1.165) is 54.8 Å². The Morgan fingerprint density at radius 2 is 1.50 bits per heavy atom. The number of allylic oxidation sites excluding steroid dienone is 2. The zero-order valence-corrected chi connectivity index (χ0v) is 20.7. The van der Waals surface area contributed by atoms with Crippen LogP contribution >= 0.6 is 0 Å². The number of nitrogens with zero attached hydrogens (tertiary/aromatic N) is 2. The monoisotopic (exact) mass is 454 g/mol. The van der Waals surface area contributed by atoms with Crippen LogP contribution < -0.4 is 0 Å². The number of unbranched alkanes of at least 4 members (excludes halogenated alkanes) is 3. The summed E-state index contributed by atoms with van der Waals surface area (Å²) in [4.78, 5) is 0. The Balaban J connectivity index is 1.46. The first-order chi connectivity index (χ1) is 16.7. The van der Waals surface area contributed by atoms with Crippen molar-refractivity contribution in [3.8, 4) is 22.5 Å². The predicted molar refractivity (Wildman–Crippen MR) is 145 cm³/mol. The molecular formula is C31H38N2O. The quantitative estimate of drug-likeness (QED) is 0.181. The van der Waals surface area contributed by atoms with Crippen LogP contribution in [0.15, 0.2) is 79.4 Å². The van der Waals surface area contributed by atoms with E-state index in [1.54, 1.807) is 0 Å². The molecule has 178 valence electrons. The maximum Gasteiger partial charge on any atom is 0.0930 e. The average molecular weight is 455 g/mol. The van der Waals surface area contributed by atoms with Gasteiger partial charge in [0.2, 0.25) is 0 Å². The van der Waals surface area contributed by atoms with Gasteiger partial charge in [-0.15, -0.1) is 16.8 Å². The number of hydrogen-bond acceptors (Lipinski definition) is 3. The largest absolute Gasteiger partial charge is 0.379 e. The molecular weight excluding hydrogens is 416 g/mol. The van der Waals surface area contributed by atoms with Gasteiger partial charge in [0.05, 0.1) is 17.5 Å². The van der Waals surface area contributed by atoms with Crippen molar-refractivity contribution in [1.82, 2.24) is 10.2 Å². The minimum absolute atomic E-state index is 0.355. The van der Waals surface area contributed by atoms with Crippen LogP contribution in [-0.4, -0.2) is 22.9 Å². The van der Waals surface area contributed by atoms with Crippen molar-refractivity contribution >= 4 is 6.08 Å². The van der Waals surface area contributed by atoms with Gasteiger partial charge in [0.1, 0.15) is 0 Å². The molecule has 0 amide bonds. The van der Waals surface area contributed by atoms with E-state index in [2.05, 4.69) is 91.3 Å². The Morgan fingerprint density at radius 3 is 2.09 bits per heavy atom. The Kier molecular flexibility index (Phi) is 10.7. The molecule has 0 aliphatic heterocycles. The zero-order chi connectivity index (χ0) is 24.0. The van der Waals surface area contributed by atoms with Gasteiger partial charge in [-0.05, 0) is 62.3 Å². The molecule has 3 heteroatoms. The fourth-order valence-corrected chi connectivity index (χ4v) is 3.85. The van der Waals surface area contributed by atoms with Crippen molar-refractivity contribution in [2.24, 2.45) is 0 Å². The SMILES string of the molecule is C=CCc1ccc(-c2ccc(-c3ccc(/C=C/CCCC(C)OCCCCC)cc3)nn2)cc1. The molecule has 1 unspecified atom stereocenters. The molecule has 1 aromatic heterocycles. The number of hydrogen-bond donors (Lipinski definition) is 0. The lowest BCUT2D eigenvalue weighted by Gasteiger charge is -2.11. The molecule has 0 bridgehead atoms. The molecule has 0 saturated heterocycles. The summed E-state index contributed by atoms with van der Waals surface area (Å²) in [6.07, 6.45) is 14.6. The van der Waals surface area contributed by atoms with Crippen molar-refractivity contribution < 1.29 is 4.74 Å². The summed E-state index contributed by atoms with van der Waals surface area (Å²) in [5.74, 6) is 0. The topological polar surface area (TPSA) is 35.0 Å². The summed E-state index contributed by atoms with van der Waals surface area (Å²) in [6, 6.07) is 21.0. The molecule has 0 saturated carbocycles. The Hall–Kier alpha value is -3.04. The van der Waals surface area contributed by atoms with Gasteiger partial charge >= 0.3 is 0 Å². The second-order valence-electron chi connectivity index (χ2n) is 8.84. The van der Waals surface area contributed by atoms with E-state index in [9.17, 15) is 0 Å². The van der Waals surface area contributed by atoms with E-state index in [4.69, 9.17) is 4.74 Å². The molecule has 1 heterocycles. The first kappa shape index (κ1) is 25.6. The van der Waals surface area contributed by atoms with Gasteiger partial charge in [-0.25, -0.2) is 0 Å². The van der Waals surface area contributed by atoms with Crippen LogP contribution in [-0.2, 0) is 11.2 Å². The molecule has 0 aliphatic rings. The third-order valence-corrected chi connectivity index (χ3v) is 5.94. The molecule has 34 heavy (non-hydrogen) atoms. The maximum atomic E-state index is 5.87. The number of aromatic nitrogens is 2. The Bertz CT molecular complexity index is 1000. The molecule has 0 spiro atoms. The van der Waals surface area contributed by atoms with Crippen molar-refractivity contribution in [1.29, 1.82) is 0 Å². The van der Waals surface area contributed by atoms with Crippen molar-refractivity contribution in [3.63, 3.8) is 0 Å². The summed E-state index contributed by atoms with van der Waals surface area (Å²) >= 11 is 0. The van der Waals surface area contributed by atoms with Crippen LogP contribution in [0, 0.1) is 0 Å². The first-order valence-corrected chi connectivity index (χ1v) is 12.6. The molecule has 1 atom stereocenters. The van der Waals surface area contributed by atoms with Crippen LogP contribution in [0.25, 0.3) is 28.6 Å². The summed E-state index contributed by atoms with van der Waals surface area (Å²) in [7, 11) is 0. The van der Waals surface area contributed by atoms with E-state index in [-0.39, 0.29) is 0 Å². The summed E-state index contributed by atoms with van der Waals surface area (Å²) in [5.41, 5.74) is 6.37. The van der Waals surface area contributed by atoms with E-state index in [1.807, 2.05) is 18.2 Å². The van der Waals surface area contributed by atoms with Crippen LogP contribution in [0.1, 0.15) is 63.5 Å². The second kappa shape index (κ2) is 14.3. The first-order valence-electron chi connectivity index (χ1n) is 12.6. The van der Waals surface area contributed by atoms with E-state index >= 15 is 0 Å². The van der Waals surface area contributed by atoms with Crippen LogP contribution in [0.2, 0.25) is 0 Å². The molecule has 0 aliphatic carbocycles. The molecule has 3 nitrogen and oxygen atoms in total. The molecule has 3 rings (SSSR count). The lowest BCUT2D eigenvalue weighted by Crippen LogP contribution is -2.08. The fourth-order valence-electron chi connectivity index (χ4n) is 3.85. The van der Waals surface area contributed by atoms with E-state index < -0.39 is 0 Å². The summed E-state index contributed by atoms with van der Waals surface area (Å²) in [5, 5.41) is 8.89. The second-order valence-corrected chi connectivity index (χ2v) is 8.84. The van der Waals surface area contributed by atoms with Gasteiger partial charge in [-0.1, -0.05) is 86.5 Å². The third-order valence-electron chi connectivity index (χ3n) is 5.94. The van der Waals surface area contributed by atoms with E-state index in [0.29, 0.717) is 6.10 Å².